The van der Waals surface area contributed by atoms with Crippen molar-refractivity contribution in [3.05, 3.63) is 54.6 Å². The molecule has 172 valence electrons. The number of imide groups is 1. The van der Waals surface area contributed by atoms with Crippen LogP contribution < -0.4 is 4.74 Å². The molecule has 2 aliphatic rings. The second-order valence-electron chi connectivity index (χ2n) is 8.39. The molecule has 0 aliphatic carbocycles. The zero-order chi connectivity index (χ0) is 23.3. The van der Waals surface area contributed by atoms with Gasteiger partial charge in [-0.25, -0.2) is 0 Å². The lowest BCUT2D eigenvalue weighted by molar-refractivity contribution is -0.144. The van der Waals surface area contributed by atoms with Gasteiger partial charge < -0.3 is 14.4 Å². The highest BCUT2D eigenvalue weighted by molar-refractivity contribution is 6.10. The molecule has 3 atom stereocenters. The number of ether oxygens (including phenoxy) is 2. The fourth-order valence-electron chi connectivity index (χ4n) is 4.75. The van der Waals surface area contributed by atoms with Crippen molar-refractivity contribution in [2.45, 2.75) is 50.1 Å². The van der Waals surface area contributed by atoms with Gasteiger partial charge in [-0.3, -0.25) is 19.3 Å². The average molecular weight is 441 g/mol. The number of carbonyl (C=O) groups excluding carboxylic acids is 3. The molecule has 1 aromatic rings. The van der Waals surface area contributed by atoms with Crippen molar-refractivity contribution in [2.24, 2.45) is 0 Å². The van der Waals surface area contributed by atoms with E-state index in [0.29, 0.717) is 17.7 Å². The summed E-state index contributed by atoms with van der Waals surface area (Å²) in [5, 5.41) is 0. The standard InChI is InChI=1S/C25H32N2O5/c1-5-8-20-11-6-9-18(2)27(20)23(29)17-25(19-10-7-12-21(15-19)32-4)16-22(28)26(24(25)30)13-14-31-3/h5-7,9-10,12,15,18,20H,1,8,11,13-14,16-17H2,2-4H3/t18-,20-,25?/m1/s1. The average Bonchev–Trinajstić information content (AvgIpc) is 3.02. The molecular weight excluding hydrogens is 408 g/mol. The number of nitrogens with zero attached hydrogens (tertiary/aromatic N) is 2. The zero-order valence-electron chi connectivity index (χ0n) is 19.1. The monoisotopic (exact) mass is 440 g/mol. The van der Waals surface area contributed by atoms with E-state index in [1.165, 1.54) is 12.0 Å². The Bertz CT molecular complexity index is 911. The van der Waals surface area contributed by atoms with E-state index in [0.717, 1.165) is 6.42 Å². The quantitative estimate of drug-likeness (QED) is 0.436. The van der Waals surface area contributed by atoms with Gasteiger partial charge in [0.05, 0.1) is 25.7 Å². The molecule has 1 saturated heterocycles. The number of likely N-dealkylation sites (tertiary alicyclic amines) is 1. The van der Waals surface area contributed by atoms with E-state index in [9.17, 15) is 14.4 Å². The molecule has 0 spiro atoms. The molecule has 0 radical (unpaired) electrons. The number of hydrogen-bond donors (Lipinski definition) is 0. The Labute approximate surface area is 189 Å². The lowest BCUT2D eigenvalue weighted by atomic mass is 9.75. The van der Waals surface area contributed by atoms with E-state index in [1.54, 1.807) is 31.4 Å². The van der Waals surface area contributed by atoms with Gasteiger partial charge in [0, 0.05) is 32.0 Å². The van der Waals surface area contributed by atoms with Crippen LogP contribution in [0.2, 0.25) is 0 Å². The maximum absolute atomic E-state index is 13.7. The number of benzene rings is 1. The molecule has 3 amide bonds. The van der Waals surface area contributed by atoms with Crippen LogP contribution in [0.1, 0.15) is 38.2 Å². The minimum atomic E-state index is -1.27. The summed E-state index contributed by atoms with van der Waals surface area (Å²) in [6.07, 6.45) is 7.16. The minimum Gasteiger partial charge on any atom is -0.497 e. The minimum absolute atomic E-state index is 0.0147. The van der Waals surface area contributed by atoms with Gasteiger partial charge in [0.15, 0.2) is 0 Å². The number of hydrogen-bond acceptors (Lipinski definition) is 5. The normalized spacial score (nSPS) is 25.3. The number of carbonyl (C=O) groups is 3. The maximum Gasteiger partial charge on any atom is 0.240 e. The van der Waals surface area contributed by atoms with Crippen LogP contribution in [0.4, 0.5) is 0 Å². The third-order valence-electron chi connectivity index (χ3n) is 6.38. The molecule has 1 aromatic carbocycles. The Morgan fingerprint density at radius 2 is 2.09 bits per heavy atom. The molecule has 1 unspecified atom stereocenters. The highest BCUT2D eigenvalue weighted by Crippen LogP contribution is 2.42. The van der Waals surface area contributed by atoms with Crippen molar-refractivity contribution in [1.82, 2.24) is 9.80 Å². The highest BCUT2D eigenvalue weighted by Gasteiger charge is 2.54. The molecular formula is C25H32N2O5. The first kappa shape index (κ1) is 23.7. The third-order valence-corrected chi connectivity index (χ3v) is 6.38. The molecule has 7 nitrogen and oxygen atoms in total. The second kappa shape index (κ2) is 10.1. The topological polar surface area (TPSA) is 76.2 Å². The molecule has 0 bridgehead atoms. The van der Waals surface area contributed by atoms with Gasteiger partial charge in [0.25, 0.3) is 0 Å². The van der Waals surface area contributed by atoms with Gasteiger partial charge in [-0.15, -0.1) is 6.58 Å². The lowest BCUT2D eigenvalue weighted by Crippen LogP contribution is -2.50. The third kappa shape index (κ3) is 4.48. The van der Waals surface area contributed by atoms with E-state index >= 15 is 0 Å². The van der Waals surface area contributed by atoms with Gasteiger partial charge >= 0.3 is 0 Å². The molecule has 3 rings (SSSR count). The number of methoxy groups -OCH3 is 2. The van der Waals surface area contributed by atoms with Crippen molar-refractivity contribution in [1.29, 1.82) is 0 Å². The molecule has 32 heavy (non-hydrogen) atoms. The smallest absolute Gasteiger partial charge is 0.240 e. The maximum atomic E-state index is 13.7. The van der Waals surface area contributed by atoms with Gasteiger partial charge in [-0.05, 0) is 37.5 Å². The van der Waals surface area contributed by atoms with Crippen molar-refractivity contribution < 1.29 is 23.9 Å². The van der Waals surface area contributed by atoms with Crippen molar-refractivity contribution in [2.75, 3.05) is 27.4 Å². The van der Waals surface area contributed by atoms with Crippen molar-refractivity contribution in [3.8, 4) is 5.75 Å². The molecule has 2 aliphatic heterocycles. The Balaban J connectivity index is 2.01. The molecule has 0 saturated carbocycles. The first-order valence-electron chi connectivity index (χ1n) is 10.9. The summed E-state index contributed by atoms with van der Waals surface area (Å²) in [7, 11) is 3.07. The largest absolute Gasteiger partial charge is 0.497 e. The van der Waals surface area contributed by atoms with Crippen LogP contribution in [0.3, 0.4) is 0 Å². The molecule has 0 aromatic heterocycles. The van der Waals surface area contributed by atoms with Crippen LogP contribution in [0.5, 0.6) is 5.75 Å². The summed E-state index contributed by atoms with van der Waals surface area (Å²) in [4.78, 5) is 43.3. The predicted molar refractivity (Wildman–Crippen MR) is 121 cm³/mol. The molecule has 0 N–H and O–H groups in total. The van der Waals surface area contributed by atoms with Crippen molar-refractivity contribution in [3.63, 3.8) is 0 Å². The summed E-state index contributed by atoms with van der Waals surface area (Å²) in [6.45, 7) is 6.20. The van der Waals surface area contributed by atoms with Crippen LogP contribution >= 0.6 is 0 Å². The van der Waals surface area contributed by atoms with E-state index in [1.807, 2.05) is 24.0 Å². The van der Waals surface area contributed by atoms with Crippen LogP contribution in [0, 0.1) is 0 Å². The van der Waals surface area contributed by atoms with Crippen LogP contribution in [-0.2, 0) is 24.5 Å². The van der Waals surface area contributed by atoms with Crippen LogP contribution in [0.25, 0.3) is 0 Å². The summed E-state index contributed by atoms with van der Waals surface area (Å²) >= 11 is 0. The fourth-order valence-corrected chi connectivity index (χ4v) is 4.75. The lowest BCUT2D eigenvalue weighted by Gasteiger charge is -2.39. The van der Waals surface area contributed by atoms with Gasteiger partial charge in [0.1, 0.15) is 5.75 Å². The molecule has 2 heterocycles. The Kier molecular flexibility index (Phi) is 7.51. The van der Waals surface area contributed by atoms with E-state index in [2.05, 4.69) is 12.7 Å². The summed E-state index contributed by atoms with van der Waals surface area (Å²) in [5.41, 5.74) is -0.653. The van der Waals surface area contributed by atoms with Crippen molar-refractivity contribution >= 4 is 17.7 Å². The zero-order valence-corrected chi connectivity index (χ0v) is 19.1. The van der Waals surface area contributed by atoms with E-state index < -0.39 is 5.41 Å². The van der Waals surface area contributed by atoms with Gasteiger partial charge in [-0.1, -0.05) is 30.4 Å². The van der Waals surface area contributed by atoms with E-state index in [-0.39, 0.29) is 55.8 Å². The van der Waals surface area contributed by atoms with Gasteiger partial charge in [-0.2, -0.15) is 0 Å². The highest BCUT2D eigenvalue weighted by atomic mass is 16.5. The first-order chi connectivity index (χ1) is 15.4. The van der Waals surface area contributed by atoms with Crippen LogP contribution in [0.15, 0.2) is 49.1 Å². The van der Waals surface area contributed by atoms with Gasteiger partial charge in [0.2, 0.25) is 17.7 Å². The Morgan fingerprint density at radius 1 is 1.31 bits per heavy atom. The Morgan fingerprint density at radius 3 is 2.78 bits per heavy atom. The summed E-state index contributed by atoms with van der Waals surface area (Å²) < 4.78 is 10.4. The fraction of sp³-hybridized carbons (Fsp3) is 0.480. The summed E-state index contributed by atoms with van der Waals surface area (Å²) in [5.74, 6) is -0.228. The number of amides is 3. The van der Waals surface area contributed by atoms with E-state index in [4.69, 9.17) is 9.47 Å². The Hall–Kier alpha value is -2.93. The second-order valence-corrected chi connectivity index (χ2v) is 8.39. The number of rotatable bonds is 9. The first-order valence-corrected chi connectivity index (χ1v) is 10.9. The summed E-state index contributed by atoms with van der Waals surface area (Å²) in [6, 6.07) is 6.99. The SMILES string of the molecule is C=CC[C@@H]1CC=C[C@@H](C)N1C(=O)CC1(c2cccc(OC)c2)CC(=O)N(CCOC)C1=O. The van der Waals surface area contributed by atoms with Crippen LogP contribution in [-0.4, -0.2) is 67.0 Å². The molecule has 7 heteroatoms. The molecule has 1 fully saturated rings. The predicted octanol–water partition coefficient (Wildman–Crippen LogP) is 2.85.